The van der Waals surface area contributed by atoms with Crippen LogP contribution in [0, 0.1) is 11.8 Å². The summed E-state index contributed by atoms with van der Waals surface area (Å²) in [4.78, 5) is 47.3. The number of rotatable bonds is 6. The summed E-state index contributed by atoms with van der Waals surface area (Å²) in [6.07, 6.45) is -15.9. The van der Waals surface area contributed by atoms with Crippen LogP contribution in [0.4, 0.5) is 37.7 Å². The first-order valence-corrected chi connectivity index (χ1v) is 12.7. The maximum atomic E-state index is 13.9. The van der Waals surface area contributed by atoms with Crippen LogP contribution in [0.3, 0.4) is 0 Å². The Balaban J connectivity index is 1.60. The smallest absolute Gasteiger partial charge is 0.382 e. The molecule has 212 valence electrons. The molecule has 7 nitrogen and oxygen atoms in total. The monoisotopic (exact) mass is 566 g/mol. The van der Waals surface area contributed by atoms with Gasteiger partial charge >= 0.3 is 12.4 Å². The van der Waals surface area contributed by atoms with Crippen LogP contribution in [0.2, 0.25) is 0 Å². The molecule has 0 bridgehead atoms. The predicted molar refractivity (Wildman–Crippen MR) is 133 cm³/mol. The van der Waals surface area contributed by atoms with Crippen molar-refractivity contribution in [3.8, 4) is 0 Å². The van der Waals surface area contributed by atoms with E-state index in [1.807, 2.05) is 0 Å². The van der Waals surface area contributed by atoms with Gasteiger partial charge in [-0.1, -0.05) is 42.5 Å². The molecule has 2 aromatic rings. The van der Waals surface area contributed by atoms with Crippen LogP contribution in [-0.4, -0.2) is 59.9 Å². The summed E-state index contributed by atoms with van der Waals surface area (Å²) >= 11 is 0. The Labute approximate surface area is 224 Å². The second kappa shape index (κ2) is 10.3. The van der Waals surface area contributed by atoms with Gasteiger partial charge in [0.15, 0.2) is 0 Å². The van der Waals surface area contributed by atoms with E-state index in [4.69, 9.17) is 0 Å². The number of amides is 3. The van der Waals surface area contributed by atoms with Gasteiger partial charge in [-0.15, -0.1) is 0 Å². The van der Waals surface area contributed by atoms with Crippen LogP contribution in [0.5, 0.6) is 0 Å². The molecule has 2 aromatic carbocycles. The number of nitrogens with zero attached hydrogens (tertiary/aromatic N) is 3. The Morgan fingerprint density at radius 2 is 1.40 bits per heavy atom. The molecule has 0 aliphatic carbocycles. The number of hydrogen-bond donors (Lipinski definition) is 1. The number of anilines is 2. The Morgan fingerprint density at radius 3 is 1.98 bits per heavy atom. The first-order valence-electron chi connectivity index (χ1n) is 12.7. The van der Waals surface area contributed by atoms with Gasteiger partial charge in [0, 0.05) is 37.1 Å². The topological polar surface area (TPSA) is 82.1 Å². The first-order chi connectivity index (χ1) is 18.9. The summed E-state index contributed by atoms with van der Waals surface area (Å²) in [5, 5.41) is 3.19. The van der Waals surface area contributed by atoms with Crippen molar-refractivity contribution in [2.75, 3.05) is 23.3 Å². The van der Waals surface area contributed by atoms with E-state index in [9.17, 15) is 40.7 Å². The highest BCUT2D eigenvalue weighted by atomic mass is 19.4. The molecule has 0 unspecified atom stereocenters. The predicted octanol–water partition coefficient (Wildman–Crippen LogP) is 4.91. The number of para-hydroxylation sites is 1. The van der Waals surface area contributed by atoms with E-state index < -0.39 is 73.8 Å². The molecular weight excluding hydrogens is 542 g/mol. The average Bonchev–Trinajstić information content (AvgIpc) is 3.06. The third-order valence-corrected chi connectivity index (χ3v) is 7.31. The van der Waals surface area contributed by atoms with Crippen LogP contribution < -0.4 is 10.2 Å². The molecule has 40 heavy (non-hydrogen) atoms. The quantitative estimate of drug-likeness (QED) is 0.398. The highest BCUT2D eigenvalue weighted by Gasteiger charge is 2.54. The number of nitrogens with one attached hydrogen (secondary N) is 1. The Kier molecular flexibility index (Phi) is 7.09. The fraction of sp³-hybridized carbons (Fsp3) is 0.407. The highest BCUT2D eigenvalue weighted by Crippen LogP contribution is 2.42. The summed E-state index contributed by atoms with van der Waals surface area (Å²) < 4.78 is 78.3. The molecule has 3 atom stereocenters. The summed E-state index contributed by atoms with van der Waals surface area (Å²) in [5.74, 6) is -6.35. The second-order valence-electron chi connectivity index (χ2n) is 9.90. The van der Waals surface area contributed by atoms with Gasteiger partial charge in [-0.2, -0.15) is 26.3 Å². The number of carbonyl (C=O) groups is 3. The third-order valence-electron chi connectivity index (χ3n) is 7.31. The Bertz CT molecular complexity index is 1320. The maximum absolute atomic E-state index is 13.9. The van der Waals surface area contributed by atoms with Crippen LogP contribution >= 0.6 is 0 Å². The van der Waals surface area contributed by atoms with Crippen molar-refractivity contribution in [2.24, 2.45) is 16.8 Å². The summed E-state index contributed by atoms with van der Waals surface area (Å²) in [6, 6.07) is 13.8. The minimum atomic E-state index is -4.69. The minimum Gasteiger partial charge on any atom is -0.382 e. The number of likely N-dealkylation sites (tertiary alicyclic amines) is 1. The van der Waals surface area contributed by atoms with E-state index in [2.05, 4.69) is 10.3 Å². The molecule has 0 saturated carbocycles. The van der Waals surface area contributed by atoms with Crippen LogP contribution in [0.25, 0.3) is 0 Å². The summed E-state index contributed by atoms with van der Waals surface area (Å²) in [5.41, 5.74) is 2.39. The van der Waals surface area contributed by atoms with Crippen molar-refractivity contribution < 1.29 is 40.7 Å². The molecule has 1 saturated heterocycles. The normalized spacial score (nSPS) is 23.1. The van der Waals surface area contributed by atoms with Crippen molar-refractivity contribution in [3.05, 3.63) is 59.7 Å². The van der Waals surface area contributed by atoms with E-state index >= 15 is 0 Å². The molecular formula is C27H24F6N4O3. The van der Waals surface area contributed by atoms with E-state index in [-0.39, 0.29) is 12.3 Å². The van der Waals surface area contributed by atoms with E-state index in [1.54, 1.807) is 48.5 Å². The summed E-state index contributed by atoms with van der Waals surface area (Å²) in [6.45, 7) is 0.474. The molecule has 1 fully saturated rings. The van der Waals surface area contributed by atoms with Crippen molar-refractivity contribution >= 4 is 34.8 Å². The van der Waals surface area contributed by atoms with E-state index in [1.165, 1.54) is 4.90 Å². The van der Waals surface area contributed by atoms with Crippen LogP contribution in [0.15, 0.2) is 53.5 Å². The van der Waals surface area contributed by atoms with Crippen molar-refractivity contribution in [3.63, 3.8) is 0 Å². The van der Waals surface area contributed by atoms with Crippen molar-refractivity contribution in [1.82, 2.24) is 4.90 Å². The van der Waals surface area contributed by atoms with Gasteiger partial charge in [-0.05, 0) is 18.9 Å². The SMILES string of the molecule is O=C1[C@H](N2C(=O)[C@@H](CCC(F)(F)F)[C@@H](CCC(F)(F)F)C2=O)N=C(c2ccccc2)c2cccc3c2N1CCN3. The number of carbonyl (C=O) groups excluding carboxylic acids is 3. The Hall–Kier alpha value is -3.90. The molecule has 3 amide bonds. The molecule has 3 aliphatic rings. The molecule has 5 rings (SSSR count). The zero-order valence-corrected chi connectivity index (χ0v) is 20.9. The number of halogens is 6. The lowest BCUT2D eigenvalue weighted by atomic mass is 9.87. The highest BCUT2D eigenvalue weighted by molar-refractivity contribution is 6.23. The average molecular weight is 567 g/mol. The third kappa shape index (κ3) is 5.28. The number of hydrogen-bond acceptors (Lipinski definition) is 5. The van der Waals surface area contributed by atoms with E-state index in [0.717, 1.165) is 0 Å². The van der Waals surface area contributed by atoms with Gasteiger partial charge in [-0.25, -0.2) is 9.89 Å². The fourth-order valence-electron chi connectivity index (χ4n) is 5.52. The molecule has 0 radical (unpaired) electrons. The van der Waals surface area contributed by atoms with Crippen molar-refractivity contribution in [2.45, 2.75) is 44.2 Å². The number of imide groups is 1. The molecule has 3 aliphatic heterocycles. The van der Waals surface area contributed by atoms with Crippen molar-refractivity contribution in [1.29, 1.82) is 0 Å². The van der Waals surface area contributed by atoms with Crippen LogP contribution in [-0.2, 0) is 14.4 Å². The van der Waals surface area contributed by atoms with Gasteiger partial charge in [0.2, 0.25) is 18.0 Å². The lowest BCUT2D eigenvalue weighted by molar-refractivity contribution is -0.148. The second-order valence-corrected chi connectivity index (χ2v) is 9.90. The number of aliphatic imine (C=N–C) groups is 1. The largest absolute Gasteiger partial charge is 0.389 e. The van der Waals surface area contributed by atoms with Gasteiger partial charge in [0.25, 0.3) is 5.91 Å². The lowest BCUT2D eigenvalue weighted by Gasteiger charge is -2.33. The maximum Gasteiger partial charge on any atom is 0.389 e. The minimum absolute atomic E-state index is 0.141. The van der Waals surface area contributed by atoms with E-state index in [0.29, 0.717) is 33.9 Å². The molecule has 13 heteroatoms. The number of alkyl halides is 6. The molecule has 3 heterocycles. The first kappa shape index (κ1) is 27.7. The van der Waals surface area contributed by atoms with Gasteiger partial charge in [0.1, 0.15) is 0 Å². The Morgan fingerprint density at radius 1 is 0.800 bits per heavy atom. The van der Waals surface area contributed by atoms with Crippen LogP contribution in [0.1, 0.15) is 36.8 Å². The summed E-state index contributed by atoms with van der Waals surface area (Å²) in [7, 11) is 0. The standard InChI is InChI=1S/C27H24F6N4O3/c28-26(29,30)11-9-16-17(10-12-27(31,32)33)24(39)37(23(16)38)22-25(40)36-14-13-34-19-8-4-7-18(21(19)36)20(35-22)15-5-2-1-3-6-15/h1-8,16-17,22,34H,9-14H2/t16-,17+,22-/m0/s1. The zero-order chi connectivity index (χ0) is 28.8. The number of benzene rings is 2. The van der Waals surface area contributed by atoms with Gasteiger partial charge < -0.3 is 10.2 Å². The molecule has 1 N–H and O–H groups in total. The lowest BCUT2D eigenvalue weighted by Crippen LogP contribution is -2.52. The fourth-order valence-corrected chi connectivity index (χ4v) is 5.52. The zero-order valence-electron chi connectivity index (χ0n) is 20.9. The van der Waals surface area contributed by atoms with Gasteiger partial charge in [0.05, 0.1) is 28.9 Å². The molecule has 0 spiro atoms. The molecule has 0 aromatic heterocycles. The van der Waals surface area contributed by atoms with Gasteiger partial charge in [-0.3, -0.25) is 14.4 Å².